The van der Waals surface area contributed by atoms with Crippen LogP contribution in [-0.4, -0.2) is 16.9 Å². The molecule has 0 spiro atoms. The van der Waals surface area contributed by atoms with Crippen molar-refractivity contribution >= 4 is 11.8 Å². The average Bonchev–Trinajstić information content (AvgIpc) is 2.14. The van der Waals surface area contributed by atoms with Gasteiger partial charge in [0, 0.05) is 5.56 Å². The summed E-state index contributed by atoms with van der Waals surface area (Å²) in [6, 6.07) is 2.61. The second kappa shape index (κ2) is 4.57. The van der Waals surface area contributed by atoms with E-state index in [4.69, 9.17) is 5.11 Å². The third kappa shape index (κ3) is 3.58. The number of ketones is 1. The molecule has 0 unspecified atom stereocenters. The molecule has 3 nitrogen and oxygen atoms in total. The topological polar surface area (TPSA) is 54.4 Å². The van der Waals surface area contributed by atoms with Crippen LogP contribution >= 0.6 is 0 Å². The lowest BCUT2D eigenvalue weighted by molar-refractivity contribution is -0.138. The van der Waals surface area contributed by atoms with E-state index in [2.05, 4.69) is 0 Å². The van der Waals surface area contributed by atoms with E-state index in [0.29, 0.717) is 6.07 Å². The maximum atomic E-state index is 12.5. The molecule has 0 aliphatic carbocycles. The molecule has 0 radical (unpaired) electrons. The molecule has 0 aliphatic rings. The van der Waals surface area contributed by atoms with Gasteiger partial charge in [-0.3, -0.25) is 9.59 Å². The molecule has 0 aliphatic heterocycles. The maximum Gasteiger partial charge on any atom is 0.416 e. The monoisotopic (exact) mass is 246 g/mol. The van der Waals surface area contributed by atoms with E-state index in [1.807, 2.05) is 0 Å². The van der Waals surface area contributed by atoms with E-state index in [9.17, 15) is 22.8 Å². The zero-order valence-electron chi connectivity index (χ0n) is 8.84. The third-order valence-electron chi connectivity index (χ3n) is 2.08. The molecule has 1 rings (SSSR count). The molecule has 0 saturated carbocycles. The molecule has 1 aromatic rings. The van der Waals surface area contributed by atoms with Crippen LogP contribution in [0, 0.1) is 0 Å². The molecule has 17 heavy (non-hydrogen) atoms. The van der Waals surface area contributed by atoms with Crippen LogP contribution in [0.5, 0.6) is 0 Å². The Morgan fingerprint density at radius 1 is 1.24 bits per heavy atom. The van der Waals surface area contributed by atoms with Crippen molar-refractivity contribution in [3.8, 4) is 0 Å². The molecule has 0 aromatic heterocycles. The summed E-state index contributed by atoms with van der Waals surface area (Å²) >= 11 is 0. The molecule has 1 N–H and O–H groups in total. The minimum Gasteiger partial charge on any atom is -0.481 e. The molecule has 0 fully saturated rings. The smallest absolute Gasteiger partial charge is 0.416 e. The van der Waals surface area contributed by atoms with Gasteiger partial charge in [-0.15, -0.1) is 0 Å². The van der Waals surface area contributed by atoms with Crippen LogP contribution in [0.25, 0.3) is 0 Å². The summed E-state index contributed by atoms with van der Waals surface area (Å²) in [5.41, 5.74) is -1.20. The molecule has 0 atom stereocenters. The van der Waals surface area contributed by atoms with E-state index in [1.165, 1.54) is 0 Å². The number of carbonyl (C=O) groups is 2. The number of carboxylic acid groups (broad SMARTS) is 1. The predicted molar refractivity (Wildman–Crippen MR) is 52.8 cm³/mol. The average molecular weight is 246 g/mol. The third-order valence-corrected chi connectivity index (χ3v) is 2.08. The Morgan fingerprint density at radius 3 is 2.24 bits per heavy atom. The zero-order chi connectivity index (χ0) is 13.2. The largest absolute Gasteiger partial charge is 0.481 e. The van der Waals surface area contributed by atoms with E-state index < -0.39 is 29.9 Å². The lowest BCUT2D eigenvalue weighted by atomic mass is 10.0. The predicted octanol–water partition coefficient (Wildman–Crippen LogP) is 2.54. The Morgan fingerprint density at radius 2 is 1.82 bits per heavy atom. The first kappa shape index (κ1) is 13.2. The van der Waals surface area contributed by atoms with Gasteiger partial charge >= 0.3 is 12.1 Å². The van der Waals surface area contributed by atoms with Gasteiger partial charge < -0.3 is 5.11 Å². The summed E-state index contributed by atoms with van der Waals surface area (Å²) in [5.74, 6) is -1.79. The number of Topliss-reactive ketones (excluding diaryl/α,β-unsaturated/α-hetero) is 1. The normalized spacial score (nSPS) is 11.3. The first-order valence-electron chi connectivity index (χ1n) is 4.64. The molecule has 6 heteroatoms. The fraction of sp³-hybridized carbons (Fsp3) is 0.273. The van der Waals surface area contributed by atoms with Crippen molar-refractivity contribution in [3.63, 3.8) is 0 Å². The molecule has 0 heterocycles. The number of alkyl halides is 3. The summed E-state index contributed by atoms with van der Waals surface area (Å²) in [5, 5.41) is 8.52. The molecule has 0 amide bonds. The second-order valence-electron chi connectivity index (χ2n) is 3.54. The van der Waals surface area contributed by atoms with Gasteiger partial charge in [-0.25, -0.2) is 0 Å². The number of carbonyl (C=O) groups excluding carboxylic acids is 1. The van der Waals surface area contributed by atoms with E-state index >= 15 is 0 Å². The SMILES string of the molecule is CC(=O)c1cc(CC(=O)O)cc(C(F)(F)F)c1. The molecular weight excluding hydrogens is 237 g/mol. The van der Waals surface area contributed by atoms with Gasteiger partial charge in [0.25, 0.3) is 0 Å². The summed E-state index contributed by atoms with van der Waals surface area (Å²) in [6.45, 7) is 1.13. The number of hydrogen-bond acceptors (Lipinski definition) is 2. The number of halogens is 3. The van der Waals surface area contributed by atoms with Crippen LogP contribution in [-0.2, 0) is 17.4 Å². The highest BCUT2D eigenvalue weighted by Gasteiger charge is 2.31. The van der Waals surface area contributed by atoms with Gasteiger partial charge in [0.2, 0.25) is 0 Å². The summed E-state index contributed by atoms with van der Waals surface area (Å²) in [7, 11) is 0. The summed E-state index contributed by atoms with van der Waals surface area (Å²) < 4.78 is 37.5. The maximum absolute atomic E-state index is 12.5. The number of benzene rings is 1. The quantitative estimate of drug-likeness (QED) is 0.834. The van der Waals surface area contributed by atoms with Crippen LogP contribution in [0.2, 0.25) is 0 Å². The van der Waals surface area contributed by atoms with Crippen LogP contribution in [0.3, 0.4) is 0 Å². The highest BCUT2D eigenvalue weighted by atomic mass is 19.4. The van der Waals surface area contributed by atoms with Crippen LogP contribution in [0.1, 0.15) is 28.4 Å². The van der Waals surface area contributed by atoms with E-state index in [-0.39, 0.29) is 11.1 Å². The van der Waals surface area contributed by atoms with Crippen LogP contribution < -0.4 is 0 Å². The van der Waals surface area contributed by atoms with Gasteiger partial charge in [-0.1, -0.05) is 0 Å². The number of carboxylic acids is 1. The van der Waals surface area contributed by atoms with Gasteiger partial charge in [-0.05, 0) is 30.7 Å². The van der Waals surface area contributed by atoms with Gasteiger partial charge in [-0.2, -0.15) is 13.2 Å². The van der Waals surface area contributed by atoms with Gasteiger partial charge in [0.1, 0.15) is 0 Å². The van der Waals surface area contributed by atoms with Crippen molar-refractivity contribution in [1.29, 1.82) is 0 Å². The number of hydrogen-bond donors (Lipinski definition) is 1. The highest BCUT2D eigenvalue weighted by Crippen LogP contribution is 2.30. The van der Waals surface area contributed by atoms with Crippen molar-refractivity contribution in [3.05, 3.63) is 34.9 Å². The molecule has 1 aromatic carbocycles. The first-order valence-corrected chi connectivity index (χ1v) is 4.64. The van der Waals surface area contributed by atoms with Crippen molar-refractivity contribution in [1.82, 2.24) is 0 Å². The van der Waals surface area contributed by atoms with Crippen molar-refractivity contribution in [2.24, 2.45) is 0 Å². The van der Waals surface area contributed by atoms with Crippen LogP contribution in [0.15, 0.2) is 18.2 Å². The van der Waals surface area contributed by atoms with Crippen LogP contribution in [0.4, 0.5) is 13.2 Å². The summed E-state index contributed by atoms with van der Waals surface area (Å²) in [6.07, 6.45) is -5.15. The van der Waals surface area contributed by atoms with E-state index in [0.717, 1.165) is 19.1 Å². The van der Waals surface area contributed by atoms with Crippen molar-refractivity contribution in [2.45, 2.75) is 19.5 Å². The molecule has 0 saturated heterocycles. The second-order valence-corrected chi connectivity index (χ2v) is 3.54. The van der Waals surface area contributed by atoms with Crippen molar-refractivity contribution in [2.75, 3.05) is 0 Å². The minimum absolute atomic E-state index is 0.0440. The zero-order valence-corrected chi connectivity index (χ0v) is 8.84. The molecule has 0 bridgehead atoms. The highest BCUT2D eigenvalue weighted by molar-refractivity contribution is 5.94. The molecular formula is C11H9F3O3. The summed E-state index contributed by atoms with van der Waals surface area (Å²) in [4.78, 5) is 21.5. The number of rotatable bonds is 3. The fourth-order valence-corrected chi connectivity index (χ4v) is 1.34. The van der Waals surface area contributed by atoms with Crippen molar-refractivity contribution < 1.29 is 27.9 Å². The lowest BCUT2D eigenvalue weighted by Gasteiger charge is -2.10. The van der Waals surface area contributed by atoms with E-state index in [1.54, 1.807) is 0 Å². The molecule has 92 valence electrons. The Kier molecular flexibility index (Phi) is 3.55. The fourth-order valence-electron chi connectivity index (χ4n) is 1.34. The Balaban J connectivity index is 3.28. The minimum atomic E-state index is -4.60. The van der Waals surface area contributed by atoms with Gasteiger partial charge in [0.15, 0.2) is 5.78 Å². The lowest BCUT2D eigenvalue weighted by Crippen LogP contribution is -2.10. The Labute approximate surface area is 94.9 Å². The van der Waals surface area contributed by atoms with Gasteiger partial charge in [0.05, 0.1) is 12.0 Å². The Bertz CT molecular complexity index is 464. The standard InChI is InChI=1S/C11H9F3O3/c1-6(15)8-2-7(4-10(16)17)3-9(5-8)11(12,13)14/h2-3,5H,4H2,1H3,(H,16,17). The first-order chi connectivity index (χ1) is 7.70. The Hall–Kier alpha value is -1.85. The number of aliphatic carboxylic acids is 1.